The molecule has 0 aliphatic carbocycles. The number of hydrogen-bond acceptors (Lipinski definition) is 2. The smallest absolute Gasteiger partial charge is 0.125 e. The van der Waals surface area contributed by atoms with E-state index in [2.05, 4.69) is 20.8 Å². The highest BCUT2D eigenvalue weighted by Crippen LogP contribution is 2.26. The van der Waals surface area contributed by atoms with Crippen molar-refractivity contribution in [3.05, 3.63) is 0 Å². The standard InChI is InChI=1S/C12H24O2/c1-5-8-12(6-2,7-3)14-10-11(4)9-13/h9,11H,5-8,10H2,1-4H3. The third kappa shape index (κ3) is 4.23. The number of ether oxygens (including phenoxy) is 1. The van der Waals surface area contributed by atoms with Gasteiger partial charge in [-0.05, 0) is 19.3 Å². The lowest BCUT2D eigenvalue weighted by atomic mass is 9.91. The summed E-state index contributed by atoms with van der Waals surface area (Å²) in [6, 6.07) is 0. The summed E-state index contributed by atoms with van der Waals surface area (Å²) in [6.45, 7) is 8.95. The summed E-state index contributed by atoms with van der Waals surface area (Å²) in [4.78, 5) is 10.5. The summed E-state index contributed by atoms with van der Waals surface area (Å²) in [5, 5.41) is 0. The molecule has 0 rings (SSSR count). The first-order chi connectivity index (χ1) is 6.64. The zero-order chi connectivity index (χ0) is 11.0. The highest BCUT2D eigenvalue weighted by atomic mass is 16.5. The van der Waals surface area contributed by atoms with E-state index in [-0.39, 0.29) is 11.5 Å². The molecule has 0 radical (unpaired) electrons. The van der Waals surface area contributed by atoms with Crippen LogP contribution in [0.3, 0.4) is 0 Å². The van der Waals surface area contributed by atoms with E-state index >= 15 is 0 Å². The van der Waals surface area contributed by atoms with Gasteiger partial charge in [0.05, 0.1) is 12.2 Å². The van der Waals surface area contributed by atoms with Crippen LogP contribution in [-0.2, 0) is 9.53 Å². The monoisotopic (exact) mass is 200 g/mol. The molecule has 2 nitrogen and oxygen atoms in total. The van der Waals surface area contributed by atoms with Gasteiger partial charge in [0.15, 0.2) is 0 Å². The normalized spacial score (nSPS) is 14.0. The van der Waals surface area contributed by atoms with Crippen LogP contribution in [0.25, 0.3) is 0 Å². The Morgan fingerprint density at radius 2 is 1.86 bits per heavy atom. The first-order valence-electron chi connectivity index (χ1n) is 5.73. The second kappa shape index (κ2) is 6.99. The predicted octanol–water partition coefficient (Wildman–Crippen LogP) is 3.20. The summed E-state index contributed by atoms with van der Waals surface area (Å²) in [5.41, 5.74) is 0.00597. The number of carbonyl (C=O) groups is 1. The first kappa shape index (κ1) is 13.6. The fourth-order valence-corrected chi connectivity index (χ4v) is 1.68. The number of hydrogen-bond donors (Lipinski definition) is 0. The van der Waals surface area contributed by atoms with E-state index in [1.807, 2.05) is 6.92 Å². The van der Waals surface area contributed by atoms with Gasteiger partial charge in [0.2, 0.25) is 0 Å². The van der Waals surface area contributed by atoms with Gasteiger partial charge in [0.1, 0.15) is 6.29 Å². The molecule has 0 spiro atoms. The molecular formula is C12H24O2. The van der Waals surface area contributed by atoms with Crippen LogP contribution in [0.2, 0.25) is 0 Å². The topological polar surface area (TPSA) is 26.3 Å². The molecule has 0 saturated heterocycles. The molecule has 0 N–H and O–H groups in total. The van der Waals surface area contributed by atoms with Crippen molar-refractivity contribution in [2.24, 2.45) is 5.92 Å². The van der Waals surface area contributed by atoms with Gasteiger partial charge in [0.25, 0.3) is 0 Å². The van der Waals surface area contributed by atoms with Gasteiger partial charge in [0, 0.05) is 5.92 Å². The van der Waals surface area contributed by atoms with Crippen LogP contribution in [0.4, 0.5) is 0 Å². The Labute approximate surface area is 88.0 Å². The average molecular weight is 200 g/mol. The van der Waals surface area contributed by atoms with Gasteiger partial charge in [-0.2, -0.15) is 0 Å². The quantitative estimate of drug-likeness (QED) is 0.562. The average Bonchev–Trinajstić information content (AvgIpc) is 2.24. The fraction of sp³-hybridized carbons (Fsp3) is 0.917. The SMILES string of the molecule is CCCC(CC)(CC)OCC(C)C=O. The molecule has 0 heterocycles. The molecule has 1 atom stereocenters. The summed E-state index contributed by atoms with van der Waals surface area (Å²) < 4.78 is 5.89. The van der Waals surface area contributed by atoms with Crippen LogP contribution < -0.4 is 0 Å². The maximum atomic E-state index is 10.5. The molecule has 0 aromatic rings. The van der Waals surface area contributed by atoms with Crippen molar-refractivity contribution in [3.8, 4) is 0 Å². The molecular weight excluding hydrogens is 176 g/mol. The second-order valence-electron chi connectivity index (χ2n) is 4.06. The van der Waals surface area contributed by atoms with E-state index in [0.717, 1.165) is 32.0 Å². The third-order valence-corrected chi connectivity index (χ3v) is 2.88. The maximum Gasteiger partial charge on any atom is 0.125 e. The van der Waals surface area contributed by atoms with Crippen molar-refractivity contribution in [1.29, 1.82) is 0 Å². The Kier molecular flexibility index (Phi) is 6.81. The summed E-state index contributed by atoms with van der Waals surface area (Å²) >= 11 is 0. The Hall–Kier alpha value is -0.370. The molecule has 2 heteroatoms. The Morgan fingerprint density at radius 3 is 2.21 bits per heavy atom. The molecule has 14 heavy (non-hydrogen) atoms. The number of rotatable bonds is 8. The molecule has 0 aliphatic rings. The zero-order valence-electron chi connectivity index (χ0n) is 10.0. The molecule has 0 fully saturated rings. The molecule has 0 bridgehead atoms. The van der Waals surface area contributed by atoms with Gasteiger partial charge in [-0.3, -0.25) is 0 Å². The van der Waals surface area contributed by atoms with Crippen molar-refractivity contribution in [3.63, 3.8) is 0 Å². The van der Waals surface area contributed by atoms with Crippen LogP contribution in [0, 0.1) is 5.92 Å². The lowest BCUT2D eigenvalue weighted by molar-refractivity contribution is -0.117. The van der Waals surface area contributed by atoms with Crippen molar-refractivity contribution in [1.82, 2.24) is 0 Å². The minimum Gasteiger partial charge on any atom is -0.374 e. The van der Waals surface area contributed by atoms with E-state index in [1.54, 1.807) is 0 Å². The molecule has 0 aliphatic heterocycles. The number of carbonyl (C=O) groups excluding carboxylic acids is 1. The van der Waals surface area contributed by atoms with Crippen molar-refractivity contribution in [2.75, 3.05) is 6.61 Å². The summed E-state index contributed by atoms with van der Waals surface area (Å²) in [6.07, 6.45) is 5.25. The molecule has 0 amide bonds. The Morgan fingerprint density at radius 1 is 1.29 bits per heavy atom. The van der Waals surface area contributed by atoms with Crippen LogP contribution in [0.1, 0.15) is 53.4 Å². The van der Waals surface area contributed by atoms with E-state index in [4.69, 9.17) is 4.74 Å². The van der Waals surface area contributed by atoms with Crippen LogP contribution in [-0.4, -0.2) is 18.5 Å². The van der Waals surface area contributed by atoms with E-state index < -0.39 is 0 Å². The molecule has 0 saturated carbocycles. The highest BCUT2D eigenvalue weighted by molar-refractivity contribution is 5.52. The largest absolute Gasteiger partial charge is 0.374 e. The van der Waals surface area contributed by atoms with Crippen molar-refractivity contribution < 1.29 is 9.53 Å². The highest BCUT2D eigenvalue weighted by Gasteiger charge is 2.26. The van der Waals surface area contributed by atoms with Gasteiger partial charge in [-0.25, -0.2) is 0 Å². The van der Waals surface area contributed by atoms with Crippen LogP contribution >= 0.6 is 0 Å². The van der Waals surface area contributed by atoms with E-state index in [1.165, 1.54) is 0 Å². The second-order valence-corrected chi connectivity index (χ2v) is 4.06. The molecule has 84 valence electrons. The van der Waals surface area contributed by atoms with Gasteiger partial charge in [-0.15, -0.1) is 0 Å². The van der Waals surface area contributed by atoms with E-state index in [0.29, 0.717) is 6.61 Å². The Balaban J connectivity index is 4.12. The van der Waals surface area contributed by atoms with Gasteiger partial charge in [-0.1, -0.05) is 34.1 Å². The van der Waals surface area contributed by atoms with Gasteiger partial charge >= 0.3 is 0 Å². The lowest BCUT2D eigenvalue weighted by Crippen LogP contribution is -2.32. The first-order valence-corrected chi connectivity index (χ1v) is 5.73. The van der Waals surface area contributed by atoms with Crippen molar-refractivity contribution >= 4 is 6.29 Å². The molecule has 0 aromatic heterocycles. The van der Waals surface area contributed by atoms with Gasteiger partial charge < -0.3 is 9.53 Å². The summed E-state index contributed by atoms with van der Waals surface area (Å²) in [7, 11) is 0. The maximum absolute atomic E-state index is 10.5. The molecule has 0 aromatic carbocycles. The Bertz CT molecular complexity index is 150. The zero-order valence-corrected chi connectivity index (χ0v) is 10.0. The molecule has 1 unspecified atom stereocenters. The third-order valence-electron chi connectivity index (χ3n) is 2.88. The minimum atomic E-state index is 0.00597. The predicted molar refractivity (Wildman–Crippen MR) is 59.4 cm³/mol. The number of aldehydes is 1. The fourth-order valence-electron chi connectivity index (χ4n) is 1.68. The van der Waals surface area contributed by atoms with Crippen LogP contribution in [0.5, 0.6) is 0 Å². The lowest BCUT2D eigenvalue weighted by Gasteiger charge is -2.32. The van der Waals surface area contributed by atoms with Crippen LogP contribution in [0.15, 0.2) is 0 Å². The van der Waals surface area contributed by atoms with Crippen molar-refractivity contribution in [2.45, 2.75) is 59.0 Å². The minimum absolute atomic E-state index is 0.00597. The van der Waals surface area contributed by atoms with E-state index in [9.17, 15) is 4.79 Å². The summed E-state index contributed by atoms with van der Waals surface area (Å²) in [5.74, 6) is 0.0179.